The topological polar surface area (TPSA) is 175 Å². The van der Waals surface area contributed by atoms with Crippen LogP contribution in [0.5, 0.6) is 0 Å². The molecule has 0 fully saturated rings. The highest BCUT2D eigenvalue weighted by Crippen LogP contribution is 2.17. The van der Waals surface area contributed by atoms with Crippen molar-refractivity contribution in [1.29, 1.82) is 5.41 Å². The average Bonchev–Trinajstić information content (AvgIpc) is 3.33. The number of nitrogens with two attached hydrogens (primary N) is 2. The maximum Gasteiger partial charge on any atom is 0.326 e. The molecule has 0 aromatic carbocycles. The summed E-state index contributed by atoms with van der Waals surface area (Å²) in [6, 6.07) is 2.07. The van der Waals surface area contributed by atoms with Gasteiger partial charge in [0.2, 0.25) is 11.8 Å². The first-order valence-electron chi connectivity index (χ1n) is 10.0. The Morgan fingerprint density at radius 1 is 1.32 bits per heavy atom. The van der Waals surface area contributed by atoms with Crippen LogP contribution < -0.4 is 22.1 Å². The van der Waals surface area contributed by atoms with Crippen LogP contribution in [-0.4, -0.2) is 65.5 Å². The Kier molecular flexibility index (Phi) is 9.01. The third kappa shape index (κ3) is 8.02. The molecular formula is C20H30N6O4S. The monoisotopic (exact) mass is 450 g/mol. The summed E-state index contributed by atoms with van der Waals surface area (Å²) in [5.41, 5.74) is 12.3. The summed E-state index contributed by atoms with van der Waals surface area (Å²) in [7, 11) is 0. The van der Waals surface area contributed by atoms with Gasteiger partial charge < -0.3 is 32.1 Å². The van der Waals surface area contributed by atoms with Gasteiger partial charge in [-0.05, 0) is 31.9 Å². The molecule has 1 aromatic heterocycles. The number of carboxylic acids is 1. The second-order valence-corrected chi connectivity index (χ2v) is 8.88. The van der Waals surface area contributed by atoms with Crippen LogP contribution in [0, 0.1) is 12.3 Å². The lowest BCUT2D eigenvalue weighted by Crippen LogP contribution is -2.43. The van der Waals surface area contributed by atoms with Crippen molar-refractivity contribution in [2.45, 2.75) is 44.7 Å². The lowest BCUT2D eigenvalue weighted by Gasteiger charge is -2.17. The van der Waals surface area contributed by atoms with Crippen molar-refractivity contribution < 1.29 is 19.5 Å². The molecule has 11 heteroatoms. The number of aryl methyl sites for hydroxylation is 1. The predicted octanol–water partition coefficient (Wildman–Crippen LogP) is -0.0823. The molecular weight excluding hydrogens is 420 g/mol. The Labute approximate surface area is 185 Å². The van der Waals surface area contributed by atoms with E-state index in [9.17, 15) is 19.5 Å². The fourth-order valence-electron chi connectivity index (χ4n) is 3.17. The van der Waals surface area contributed by atoms with Gasteiger partial charge in [-0.2, -0.15) is 0 Å². The van der Waals surface area contributed by atoms with Gasteiger partial charge in [0.1, 0.15) is 6.04 Å². The molecule has 2 rings (SSSR count). The number of nitrogens with one attached hydrogen (secondary N) is 3. The normalized spacial score (nSPS) is 15.2. The molecule has 2 atom stereocenters. The van der Waals surface area contributed by atoms with Gasteiger partial charge in [0.15, 0.2) is 5.96 Å². The van der Waals surface area contributed by atoms with Crippen molar-refractivity contribution in [3.8, 4) is 0 Å². The molecule has 0 spiro atoms. The number of nitrogens with zero attached hydrogens (tertiary/aromatic N) is 1. The van der Waals surface area contributed by atoms with Gasteiger partial charge in [-0.15, -0.1) is 11.3 Å². The fraction of sp³-hybridized carbons (Fsp3) is 0.500. The predicted molar refractivity (Wildman–Crippen MR) is 119 cm³/mol. The summed E-state index contributed by atoms with van der Waals surface area (Å²) in [5.74, 6) is -1.79. The Morgan fingerprint density at radius 3 is 2.65 bits per heavy atom. The molecule has 1 aliphatic rings. The van der Waals surface area contributed by atoms with Crippen LogP contribution in [0.1, 0.15) is 29.0 Å². The first-order chi connectivity index (χ1) is 14.7. The second kappa shape index (κ2) is 11.5. The van der Waals surface area contributed by atoms with E-state index in [2.05, 4.69) is 10.6 Å². The van der Waals surface area contributed by atoms with E-state index in [1.165, 1.54) is 11.3 Å². The maximum atomic E-state index is 12.1. The molecule has 31 heavy (non-hydrogen) atoms. The minimum Gasteiger partial charge on any atom is -0.480 e. The number of amides is 2. The van der Waals surface area contributed by atoms with Gasteiger partial charge in [-0.3, -0.25) is 15.0 Å². The molecule has 0 bridgehead atoms. The number of thiophene rings is 1. The number of hydrogen-bond acceptors (Lipinski definition) is 6. The summed E-state index contributed by atoms with van der Waals surface area (Å²) in [6.45, 7) is 3.23. The van der Waals surface area contributed by atoms with Crippen molar-refractivity contribution in [2.75, 3.05) is 19.6 Å². The Bertz CT molecular complexity index is 852. The van der Waals surface area contributed by atoms with E-state index in [0.29, 0.717) is 25.9 Å². The van der Waals surface area contributed by atoms with Crippen molar-refractivity contribution in [3.63, 3.8) is 0 Å². The average molecular weight is 451 g/mol. The maximum absolute atomic E-state index is 12.1. The Hall–Kier alpha value is -2.92. The second-order valence-electron chi connectivity index (χ2n) is 7.51. The zero-order valence-electron chi connectivity index (χ0n) is 17.5. The molecule has 170 valence electrons. The van der Waals surface area contributed by atoms with Crippen LogP contribution in [0.4, 0.5) is 0 Å². The number of hydrogen-bond donors (Lipinski definition) is 6. The van der Waals surface area contributed by atoms with E-state index in [-0.39, 0.29) is 37.2 Å². The SMILES string of the molecule is Cc1ccc(CC(NC(=O)CCCNC(=O)C(N)CC2=CCN(C(=N)N)C2)C(=O)O)s1. The number of carboxylic acid groups (broad SMARTS) is 1. The molecule has 1 aromatic rings. The lowest BCUT2D eigenvalue weighted by molar-refractivity contribution is -0.141. The van der Waals surface area contributed by atoms with Gasteiger partial charge in [-0.25, -0.2) is 4.79 Å². The van der Waals surface area contributed by atoms with E-state index >= 15 is 0 Å². The number of aliphatic carboxylic acids is 1. The summed E-state index contributed by atoms with van der Waals surface area (Å²) >= 11 is 1.50. The number of carbonyl (C=O) groups excluding carboxylic acids is 2. The van der Waals surface area contributed by atoms with Crippen molar-refractivity contribution in [2.24, 2.45) is 11.5 Å². The van der Waals surface area contributed by atoms with Crippen molar-refractivity contribution in [1.82, 2.24) is 15.5 Å². The fourth-order valence-corrected chi connectivity index (χ4v) is 4.11. The number of carbonyl (C=O) groups is 3. The zero-order valence-corrected chi connectivity index (χ0v) is 18.3. The van der Waals surface area contributed by atoms with Crippen molar-refractivity contribution >= 4 is 35.1 Å². The third-order valence-corrected chi connectivity index (χ3v) is 5.89. The Morgan fingerprint density at radius 2 is 2.06 bits per heavy atom. The van der Waals surface area contributed by atoms with Crippen LogP contribution >= 0.6 is 11.3 Å². The van der Waals surface area contributed by atoms with Crippen LogP contribution in [0.2, 0.25) is 0 Å². The lowest BCUT2D eigenvalue weighted by atomic mass is 10.1. The highest BCUT2D eigenvalue weighted by Gasteiger charge is 2.22. The minimum atomic E-state index is -1.08. The number of guanidine groups is 1. The summed E-state index contributed by atoms with van der Waals surface area (Å²) in [5, 5.41) is 22.0. The first kappa shape index (κ1) is 24.4. The molecule has 0 saturated carbocycles. The van der Waals surface area contributed by atoms with Gasteiger partial charge in [0, 0.05) is 42.2 Å². The molecule has 10 nitrogen and oxygen atoms in total. The number of rotatable bonds is 11. The van der Waals surface area contributed by atoms with E-state index in [4.69, 9.17) is 16.9 Å². The first-order valence-corrected chi connectivity index (χ1v) is 10.8. The molecule has 2 amide bonds. The van der Waals surface area contributed by atoms with Gasteiger partial charge >= 0.3 is 5.97 Å². The van der Waals surface area contributed by atoms with Gasteiger partial charge in [0.25, 0.3) is 0 Å². The molecule has 1 aliphatic heterocycles. The van der Waals surface area contributed by atoms with Gasteiger partial charge in [0.05, 0.1) is 6.04 Å². The van der Waals surface area contributed by atoms with E-state index in [0.717, 1.165) is 15.3 Å². The molecule has 0 saturated heterocycles. The molecule has 2 heterocycles. The minimum absolute atomic E-state index is 0.0156. The van der Waals surface area contributed by atoms with Crippen LogP contribution in [-0.2, 0) is 20.8 Å². The van der Waals surface area contributed by atoms with Crippen LogP contribution in [0.15, 0.2) is 23.8 Å². The summed E-state index contributed by atoms with van der Waals surface area (Å²) in [4.78, 5) is 39.3. The summed E-state index contributed by atoms with van der Waals surface area (Å²) < 4.78 is 0. The standard InChI is InChI=1S/C20H30N6O4S/c1-12-4-5-14(31-12)10-16(19(29)30)25-17(27)3-2-7-24-18(28)15(21)9-13-6-8-26(11-13)20(22)23/h4-6,15-16H,2-3,7-11,21H2,1H3,(H3,22,23)(H,24,28)(H,25,27)(H,29,30). The third-order valence-electron chi connectivity index (χ3n) is 4.87. The smallest absolute Gasteiger partial charge is 0.326 e. The Balaban J connectivity index is 1.66. The van der Waals surface area contributed by atoms with E-state index in [1.807, 2.05) is 25.1 Å². The highest BCUT2D eigenvalue weighted by atomic mass is 32.1. The largest absolute Gasteiger partial charge is 0.480 e. The molecule has 0 radical (unpaired) electrons. The highest BCUT2D eigenvalue weighted by molar-refractivity contribution is 7.11. The molecule has 8 N–H and O–H groups in total. The van der Waals surface area contributed by atoms with E-state index < -0.39 is 18.1 Å². The summed E-state index contributed by atoms with van der Waals surface area (Å²) in [6.07, 6.45) is 2.99. The van der Waals surface area contributed by atoms with Crippen LogP contribution in [0.3, 0.4) is 0 Å². The van der Waals surface area contributed by atoms with Crippen LogP contribution in [0.25, 0.3) is 0 Å². The zero-order chi connectivity index (χ0) is 23.0. The van der Waals surface area contributed by atoms with E-state index in [1.54, 1.807) is 4.90 Å². The van der Waals surface area contributed by atoms with Crippen molar-refractivity contribution in [3.05, 3.63) is 33.5 Å². The van der Waals surface area contributed by atoms with Gasteiger partial charge in [-0.1, -0.05) is 11.6 Å². The molecule has 0 aliphatic carbocycles. The molecule has 2 unspecified atom stereocenters. The quantitative estimate of drug-likeness (QED) is 0.118.